The fraction of sp³-hybridized carbons (Fsp3) is 0.263. The van der Waals surface area contributed by atoms with Gasteiger partial charge in [0.25, 0.3) is 0 Å². The van der Waals surface area contributed by atoms with Gasteiger partial charge in [0.15, 0.2) is 5.75 Å². The molecule has 4 heteroatoms. The zero-order valence-electron chi connectivity index (χ0n) is 13.2. The predicted molar refractivity (Wildman–Crippen MR) is 94.4 cm³/mol. The molecule has 2 N–H and O–H groups in total. The molecule has 3 rings (SSSR count). The molecule has 0 fully saturated rings. The van der Waals surface area contributed by atoms with Crippen molar-refractivity contribution in [1.82, 2.24) is 0 Å². The first-order valence-electron chi connectivity index (χ1n) is 7.76. The van der Waals surface area contributed by atoms with Gasteiger partial charge in [-0.15, -0.1) is 11.3 Å². The van der Waals surface area contributed by atoms with E-state index in [0.29, 0.717) is 11.5 Å². The van der Waals surface area contributed by atoms with Crippen LogP contribution in [-0.4, -0.2) is 10.2 Å². The maximum atomic E-state index is 10.7. The second kappa shape index (κ2) is 6.60. The van der Waals surface area contributed by atoms with Crippen molar-refractivity contribution in [3.05, 3.63) is 53.4 Å². The molecule has 0 spiro atoms. The molecule has 3 aromatic rings. The molecule has 120 valence electrons. The number of rotatable bonds is 5. The third-order valence-electron chi connectivity index (χ3n) is 4.06. The maximum absolute atomic E-state index is 10.7. The van der Waals surface area contributed by atoms with Crippen molar-refractivity contribution in [3.63, 3.8) is 0 Å². The average Bonchev–Trinajstić information content (AvgIpc) is 2.92. The summed E-state index contributed by atoms with van der Waals surface area (Å²) >= 11 is 1.56. The number of phenolic OH excluding ortho intramolecular Hbond substituents is 1. The molecule has 1 heterocycles. The van der Waals surface area contributed by atoms with Gasteiger partial charge in [0.2, 0.25) is 0 Å². The van der Waals surface area contributed by atoms with E-state index in [4.69, 9.17) is 4.74 Å². The maximum Gasteiger partial charge on any atom is 0.151 e. The lowest BCUT2D eigenvalue weighted by Crippen LogP contribution is -2.07. The van der Waals surface area contributed by atoms with Crippen LogP contribution in [0, 0.1) is 5.92 Å². The van der Waals surface area contributed by atoms with E-state index in [1.165, 1.54) is 0 Å². The van der Waals surface area contributed by atoms with Crippen LogP contribution in [-0.2, 0) is 0 Å². The van der Waals surface area contributed by atoms with Gasteiger partial charge in [0.1, 0.15) is 11.5 Å². The minimum Gasteiger partial charge on any atom is -0.508 e. The highest BCUT2D eigenvalue weighted by molar-refractivity contribution is 7.19. The van der Waals surface area contributed by atoms with Crippen LogP contribution in [0.15, 0.2) is 48.5 Å². The molecule has 0 aliphatic heterocycles. The Kier molecular flexibility index (Phi) is 4.55. The summed E-state index contributed by atoms with van der Waals surface area (Å²) < 4.78 is 7.13. The van der Waals surface area contributed by atoms with Gasteiger partial charge < -0.3 is 14.9 Å². The number of ether oxygens (including phenoxy) is 1. The van der Waals surface area contributed by atoms with E-state index in [0.717, 1.165) is 21.4 Å². The first-order valence-corrected chi connectivity index (χ1v) is 8.58. The van der Waals surface area contributed by atoms with Crippen LogP contribution in [0.5, 0.6) is 17.2 Å². The summed E-state index contributed by atoms with van der Waals surface area (Å²) in [5.41, 5.74) is 0. The van der Waals surface area contributed by atoms with Gasteiger partial charge in [-0.3, -0.25) is 0 Å². The Morgan fingerprint density at radius 3 is 2.65 bits per heavy atom. The Morgan fingerprint density at radius 1 is 1.13 bits per heavy atom. The Hall–Kier alpha value is -2.04. The fourth-order valence-electron chi connectivity index (χ4n) is 2.49. The second-order valence-corrected chi connectivity index (χ2v) is 6.81. The highest BCUT2D eigenvalue weighted by atomic mass is 32.1. The Balaban J connectivity index is 2.09. The zero-order chi connectivity index (χ0) is 16.4. The molecule has 0 saturated carbocycles. The quantitative estimate of drug-likeness (QED) is 0.652. The average molecular weight is 328 g/mol. The van der Waals surface area contributed by atoms with E-state index in [1.54, 1.807) is 35.6 Å². The molecule has 1 aromatic heterocycles. The van der Waals surface area contributed by atoms with E-state index in [2.05, 4.69) is 6.92 Å². The van der Waals surface area contributed by atoms with Crippen molar-refractivity contribution in [2.24, 2.45) is 5.92 Å². The van der Waals surface area contributed by atoms with Crippen molar-refractivity contribution in [3.8, 4) is 17.2 Å². The third-order valence-corrected chi connectivity index (χ3v) is 5.29. The number of aliphatic hydroxyl groups excluding tert-OH is 1. The number of phenols is 1. The van der Waals surface area contributed by atoms with E-state index >= 15 is 0 Å². The lowest BCUT2D eigenvalue weighted by Gasteiger charge is -2.17. The van der Waals surface area contributed by atoms with E-state index in [-0.39, 0.29) is 11.7 Å². The number of aromatic hydroxyl groups is 1. The summed E-state index contributed by atoms with van der Waals surface area (Å²) in [6.45, 7) is 4.10. The van der Waals surface area contributed by atoms with E-state index < -0.39 is 6.10 Å². The smallest absolute Gasteiger partial charge is 0.151 e. The number of hydrogen-bond acceptors (Lipinski definition) is 4. The molecule has 2 atom stereocenters. The van der Waals surface area contributed by atoms with Crippen molar-refractivity contribution in [1.29, 1.82) is 0 Å². The van der Waals surface area contributed by atoms with Gasteiger partial charge in [0.05, 0.1) is 11.0 Å². The monoisotopic (exact) mass is 328 g/mol. The van der Waals surface area contributed by atoms with Crippen LogP contribution in [0.1, 0.15) is 31.2 Å². The molecule has 0 saturated heterocycles. The van der Waals surface area contributed by atoms with Crippen LogP contribution in [0.25, 0.3) is 10.1 Å². The molecular formula is C19H20O3S. The molecule has 2 aromatic carbocycles. The van der Waals surface area contributed by atoms with Gasteiger partial charge >= 0.3 is 0 Å². The summed E-state index contributed by atoms with van der Waals surface area (Å²) in [6.07, 6.45) is 0.325. The van der Waals surface area contributed by atoms with Crippen LogP contribution in [0.4, 0.5) is 0 Å². The van der Waals surface area contributed by atoms with Gasteiger partial charge in [-0.1, -0.05) is 38.5 Å². The number of fused-ring (bicyclic) bond motifs is 1. The predicted octanol–water partition coefficient (Wildman–Crippen LogP) is 5.48. The highest BCUT2D eigenvalue weighted by Gasteiger charge is 2.24. The molecule has 0 bridgehead atoms. The molecule has 3 nitrogen and oxygen atoms in total. The van der Waals surface area contributed by atoms with Crippen LogP contribution < -0.4 is 4.74 Å². The van der Waals surface area contributed by atoms with Gasteiger partial charge in [-0.05, 0) is 30.2 Å². The minimum atomic E-state index is -0.565. The van der Waals surface area contributed by atoms with Crippen LogP contribution in [0.3, 0.4) is 0 Å². The lowest BCUT2D eigenvalue weighted by molar-refractivity contribution is 0.117. The van der Waals surface area contributed by atoms with Crippen molar-refractivity contribution in [2.45, 2.75) is 26.4 Å². The first kappa shape index (κ1) is 15.8. The van der Waals surface area contributed by atoms with Crippen molar-refractivity contribution < 1.29 is 14.9 Å². The molecule has 23 heavy (non-hydrogen) atoms. The first-order chi connectivity index (χ1) is 11.1. The molecule has 2 unspecified atom stereocenters. The van der Waals surface area contributed by atoms with Gasteiger partial charge in [-0.25, -0.2) is 0 Å². The number of hydrogen-bond donors (Lipinski definition) is 2. The van der Waals surface area contributed by atoms with Crippen molar-refractivity contribution >= 4 is 21.4 Å². The molecule has 0 aliphatic rings. The normalized spacial score (nSPS) is 13.9. The topological polar surface area (TPSA) is 49.7 Å². The largest absolute Gasteiger partial charge is 0.508 e. The SMILES string of the molecule is CCC(C)C(O)c1sc2ccccc2c1Oc1cccc(O)c1. The van der Waals surface area contributed by atoms with Crippen LogP contribution >= 0.6 is 11.3 Å². The van der Waals surface area contributed by atoms with Gasteiger partial charge in [-0.2, -0.15) is 0 Å². The number of benzene rings is 2. The summed E-state index contributed by atoms with van der Waals surface area (Å²) in [5.74, 6) is 1.55. The summed E-state index contributed by atoms with van der Waals surface area (Å²) in [5, 5.41) is 21.3. The van der Waals surface area contributed by atoms with Gasteiger partial charge in [0, 0.05) is 16.2 Å². The standard InChI is InChI=1S/C19H20O3S/c1-3-12(2)17(21)19-18(15-9-4-5-10-16(15)23-19)22-14-8-6-7-13(20)11-14/h4-12,17,20-21H,3H2,1-2H3. The molecule has 0 amide bonds. The van der Waals surface area contributed by atoms with E-state index in [1.807, 2.05) is 31.2 Å². The van der Waals surface area contributed by atoms with Crippen LogP contribution in [0.2, 0.25) is 0 Å². The minimum absolute atomic E-state index is 0.148. The third kappa shape index (κ3) is 3.19. The molecule has 0 radical (unpaired) electrons. The molecule has 0 aliphatic carbocycles. The number of thiophene rings is 1. The fourth-order valence-corrected chi connectivity index (χ4v) is 3.74. The highest BCUT2D eigenvalue weighted by Crippen LogP contribution is 2.45. The zero-order valence-corrected chi connectivity index (χ0v) is 14.0. The summed E-state index contributed by atoms with van der Waals surface area (Å²) in [4.78, 5) is 0.837. The van der Waals surface area contributed by atoms with Crippen molar-refractivity contribution in [2.75, 3.05) is 0 Å². The number of aliphatic hydroxyl groups is 1. The van der Waals surface area contributed by atoms with E-state index in [9.17, 15) is 10.2 Å². The summed E-state index contributed by atoms with van der Waals surface area (Å²) in [6, 6.07) is 14.7. The lowest BCUT2D eigenvalue weighted by atomic mass is 10.00. The summed E-state index contributed by atoms with van der Waals surface area (Å²) in [7, 11) is 0. The second-order valence-electron chi connectivity index (χ2n) is 5.72. The Bertz CT molecular complexity index is 809. The molecular weight excluding hydrogens is 308 g/mol. The Morgan fingerprint density at radius 2 is 1.91 bits per heavy atom. The Labute approximate surface area is 139 Å².